The van der Waals surface area contributed by atoms with Crippen molar-refractivity contribution in [3.8, 4) is 11.8 Å². The van der Waals surface area contributed by atoms with Crippen molar-refractivity contribution in [3.63, 3.8) is 0 Å². The summed E-state index contributed by atoms with van der Waals surface area (Å²) in [7, 11) is 0. The Kier molecular flexibility index (Phi) is 3.39. The van der Waals surface area contributed by atoms with Gasteiger partial charge >= 0.3 is 6.18 Å². The highest BCUT2D eigenvalue weighted by Crippen LogP contribution is 2.31. The van der Waals surface area contributed by atoms with Gasteiger partial charge in [0.05, 0.1) is 5.56 Å². The summed E-state index contributed by atoms with van der Waals surface area (Å²) < 4.78 is 38.0. The Morgan fingerprint density at radius 1 is 1.24 bits per heavy atom. The third kappa shape index (κ3) is 3.01. The average Bonchev–Trinajstić information content (AvgIpc) is 2.78. The molecule has 17 heavy (non-hydrogen) atoms. The molecule has 4 heteroatoms. The minimum absolute atomic E-state index is 0.0619. The molecule has 0 saturated carbocycles. The van der Waals surface area contributed by atoms with E-state index in [9.17, 15) is 13.2 Å². The summed E-state index contributed by atoms with van der Waals surface area (Å²) in [4.78, 5) is 0. The molecule has 1 fully saturated rings. The molecule has 0 aromatic heterocycles. The molecule has 1 heterocycles. The second-order valence-corrected chi connectivity index (χ2v) is 4.00. The second kappa shape index (κ2) is 4.80. The number of nitrogens with one attached hydrogen (secondary N) is 1. The van der Waals surface area contributed by atoms with Gasteiger partial charge in [-0.2, -0.15) is 13.2 Å². The third-order valence-electron chi connectivity index (χ3n) is 2.70. The molecule has 1 atom stereocenters. The first-order chi connectivity index (χ1) is 8.07. The summed E-state index contributed by atoms with van der Waals surface area (Å²) >= 11 is 0. The molecular weight excluding hydrogens is 227 g/mol. The van der Waals surface area contributed by atoms with E-state index in [1.807, 2.05) is 0 Å². The summed E-state index contributed by atoms with van der Waals surface area (Å²) in [6, 6.07) is 5.44. The van der Waals surface area contributed by atoms with E-state index in [0.717, 1.165) is 25.6 Å². The molecule has 0 bridgehead atoms. The van der Waals surface area contributed by atoms with Gasteiger partial charge in [0.1, 0.15) is 0 Å². The van der Waals surface area contributed by atoms with Gasteiger partial charge in [0.15, 0.2) is 0 Å². The summed E-state index contributed by atoms with van der Waals surface area (Å²) in [5, 5.41) is 3.13. The Hall–Kier alpha value is -1.47. The Labute approximate surface area is 98.0 Å². The van der Waals surface area contributed by atoms with Crippen LogP contribution in [0.3, 0.4) is 0 Å². The van der Waals surface area contributed by atoms with Gasteiger partial charge in [0, 0.05) is 18.0 Å². The number of hydrogen-bond donors (Lipinski definition) is 1. The summed E-state index contributed by atoms with van der Waals surface area (Å²) in [5.74, 6) is 5.71. The maximum atomic E-state index is 12.7. The Bertz CT molecular complexity index is 448. The number of benzene rings is 1. The number of alkyl halides is 3. The molecule has 0 aliphatic carbocycles. The first-order valence-electron chi connectivity index (χ1n) is 5.46. The predicted octanol–water partition coefficient (Wildman–Crippen LogP) is 2.67. The van der Waals surface area contributed by atoms with Crippen LogP contribution >= 0.6 is 0 Å². The van der Waals surface area contributed by atoms with Crippen LogP contribution in [0.1, 0.15) is 17.5 Å². The fourth-order valence-electron chi connectivity index (χ4n) is 1.80. The molecule has 90 valence electrons. The lowest BCUT2D eigenvalue weighted by Gasteiger charge is -2.08. The van der Waals surface area contributed by atoms with E-state index in [2.05, 4.69) is 17.2 Å². The van der Waals surface area contributed by atoms with E-state index in [1.165, 1.54) is 12.1 Å². The van der Waals surface area contributed by atoms with Gasteiger partial charge in [-0.15, -0.1) is 0 Å². The van der Waals surface area contributed by atoms with Crippen LogP contribution < -0.4 is 5.32 Å². The molecule has 1 aromatic carbocycles. The van der Waals surface area contributed by atoms with Gasteiger partial charge < -0.3 is 5.32 Å². The van der Waals surface area contributed by atoms with Crippen molar-refractivity contribution in [3.05, 3.63) is 35.4 Å². The molecule has 1 N–H and O–H groups in total. The molecule has 0 amide bonds. The number of halogens is 3. The fraction of sp³-hybridized carbons (Fsp3) is 0.385. The largest absolute Gasteiger partial charge is 0.417 e. The molecule has 1 nitrogen and oxygen atoms in total. The maximum absolute atomic E-state index is 12.7. The maximum Gasteiger partial charge on any atom is 0.417 e. The lowest BCUT2D eigenvalue weighted by atomic mass is 10.1. The van der Waals surface area contributed by atoms with Crippen LogP contribution in [-0.2, 0) is 6.18 Å². The van der Waals surface area contributed by atoms with E-state index in [0.29, 0.717) is 0 Å². The fourth-order valence-corrected chi connectivity index (χ4v) is 1.80. The molecule has 1 aliphatic heterocycles. The first kappa shape index (κ1) is 12.0. The van der Waals surface area contributed by atoms with E-state index in [-0.39, 0.29) is 11.5 Å². The van der Waals surface area contributed by atoms with E-state index < -0.39 is 11.7 Å². The zero-order valence-electron chi connectivity index (χ0n) is 9.14. The average molecular weight is 239 g/mol. The van der Waals surface area contributed by atoms with E-state index in [4.69, 9.17) is 0 Å². The molecule has 1 aromatic rings. The third-order valence-corrected chi connectivity index (χ3v) is 2.70. The Balaban J connectivity index is 2.26. The molecule has 1 aliphatic rings. The van der Waals surface area contributed by atoms with Crippen LogP contribution in [0.4, 0.5) is 13.2 Å². The lowest BCUT2D eigenvalue weighted by Crippen LogP contribution is -2.08. The topological polar surface area (TPSA) is 12.0 Å². The van der Waals surface area contributed by atoms with Crippen LogP contribution in [0.5, 0.6) is 0 Å². The standard InChI is InChI=1S/C13H12F3N/c14-13(15,16)12-4-2-1-3-11(12)6-5-10-7-8-17-9-10/h1-4,10,17H,7-9H2. The minimum Gasteiger partial charge on any atom is -0.315 e. The van der Waals surface area contributed by atoms with Crippen molar-refractivity contribution in [2.24, 2.45) is 5.92 Å². The predicted molar refractivity (Wildman–Crippen MR) is 59.3 cm³/mol. The summed E-state index contributed by atoms with van der Waals surface area (Å²) in [5.41, 5.74) is -0.592. The molecule has 0 spiro atoms. The molecule has 0 radical (unpaired) electrons. The van der Waals surface area contributed by atoms with Crippen molar-refractivity contribution in [2.75, 3.05) is 13.1 Å². The number of hydrogen-bond acceptors (Lipinski definition) is 1. The van der Waals surface area contributed by atoms with Crippen LogP contribution in [0.15, 0.2) is 24.3 Å². The lowest BCUT2D eigenvalue weighted by molar-refractivity contribution is -0.137. The highest BCUT2D eigenvalue weighted by molar-refractivity contribution is 5.43. The smallest absolute Gasteiger partial charge is 0.315 e. The Morgan fingerprint density at radius 3 is 2.65 bits per heavy atom. The van der Waals surface area contributed by atoms with E-state index in [1.54, 1.807) is 6.07 Å². The van der Waals surface area contributed by atoms with Crippen molar-refractivity contribution >= 4 is 0 Å². The van der Waals surface area contributed by atoms with Gasteiger partial charge in [-0.3, -0.25) is 0 Å². The van der Waals surface area contributed by atoms with Crippen molar-refractivity contribution in [1.29, 1.82) is 0 Å². The molecular formula is C13H12F3N. The highest BCUT2D eigenvalue weighted by Gasteiger charge is 2.32. The second-order valence-electron chi connectivity index (χ2n) is 4.00. The quantitative estimate of drug-likeness (QED) is 0.686. The van der Waals surface area contributed by atoms with Crippen molar-refractivity contribution in [2.45, 2.75) is 12.6 Å². The molecule has 1 saturated heterocycles. The van der Waals surface area contributed by atoms with Gasteiger partial charge in [0.2, 0.25) is 0 Å². The highest BCUT2D eigenvalue weighted by atomic mass is 19.4. The van der Waals surface area contributed by atoms with Crippen LogP contribution in [-0.4, -0.2) is 13.1 Å². The summed E-state index contributed by atoms with van der Waals surface area (Å²) in [6.45, 7) is 1.65. The minimum atomic E-state index is -4.33. The normalized spacial score (nSPS) is 19.8. The van der Waals surface area contributed by atoms with Gasteiger partial charge in [-0.1, -0.05) is 24.0 Å². The van der Waals surface area contributed by atoms with E-state index >= 15 is 0 Å². The van der Waals surface area contributed by atoms with Gasteiger partial charge in [-0.25, -0.2) is 0 Å². The van der Waals surface area contributed by atoms with Crippen LogP contribution in [0.2, 0.25) is 0 Å². The molecule has 2 rings (SSSR count). The van der Waals surface area contributed by atoms with Crippen LogP contribution in [0.25, 0.3) is 0 Å². The SMILES string of the molecule is FC(F)(F)c1ccccc1C#CC1CCNC1. The zero-order chi connectivity index (χ0) is 12.3. The summed E-state index contributed by atoms with van der Waals surface area (Å²) in [6.07, 6.45) is -3.43. The van der Waals surface area contributed by atoms with Crippen LogP contribution in [0, 0.1) is 17.8 Å². The van der Waals surface area contributed by atoms with Crippen molar-refractivity contribution < 1.29 is 13.2 Å². The molecule has 1 unspecified atom stereocenters. The number of rotatable bonds is 0. The zero-order valence-corrected chi connectivity index (χ0v) is 9.14. The monoisotopic (exact) mass is 239 g/mol. The van der Waals surface area contributed by atoms with Crippen molar-refractivity contribution in [1.82, 2.24) is 5.32 Å². The van der Waals surface area contributed by atoms with Gasteiger partial charge in [0.25, 0.3) is 0 Å². The first-order valence-corrected chi connectivity index (χ1v) is 5.46. The van der Waals surface area contributed by atoms with Gasteiger partial charge in [-0.05, 0) is 25.1 Å². The Morgan fingerprint density at radius 2 is 2.00 bits per heavy atom.